The lowest BCUT2D eigenvalue weighted by molar-refractivity contribution is -0.141. The fourth-order valence-corrected chi connectivity index (χ4v) is 2.35. The van der Waals surface area contributed by atoms with Gasteiger partial charge in [-0.3, -0.25) is 4.79 Å². The Kier molecular flexibility index (Phi) is 3.80. The van der Waals surface area contributed by atoms with Crippen LogP contribution in [-0.2, 0) is 9.53 Å². The number of benzene rings is 1. The van der Waals surface area contributed by atoms with Crippen molar-refractivity contribution in [2.45, 2.75) is 39.5 Å². The van der Waals surface area contributed by atoms with Crippen LogP contribution < -0.4 is 4.74 Å². The molecule has 19 heavy (non-hydrogen) atoms. The minimum absolute atomic E-state index is 0.0419. The molecule has 1 aromatic carbocycles. The third-order valence-corrected chi connectivity index (χ3v) is 3.35. The number of aryl methyl sites for hydroxylation is 1. The molecule has 0 saturated carbocycles. The predicted octanol–water partition coefficient (Wildman–Crippen LogP) is 2.36. The van der Waals surface area contributed by atoms with E-state index < -0.39 is 0 Å². The molecule has 0 radical (unpaired) electrons. The lowest BCUT2D eigenvalue weighted by Gasteiger charge is -2.31. The van der Waals surface area contributed by atoms with Gasteiger partial charge in [-0.15, -0.1) is 0 Å². The first kappa shape index (κ1) is 13.9. The van der Waals surface area contributed by atoms with Gasteiger partial charge in [0.15, 0.2) is 6.61 Å². The second kappa shape index (κ2) is 5.21. The number of carbonyl (C=O) groups excluding carboxylic acids is 1. The predicted molar refractivity (Wildman–Crippen MR) is 73.0 cm³/mol. The van der Waals surface area contributed by atoms with Crippen molar-refractivity contribution < 1.29 is 14.3 Å². The molecule has 0 bridgehead atoms. The average molecular weight is 263 g/mol. The third kappa shape index (κ3) is 3.07. The Hall–Kier alpha value is -1.55. The van der Waals surface area contributed by atoms with Gasteiger partial charge >= 0.3 is 0 Å². The normalized spacial score (nSPS) is 21.5. The van der Waals surface area contributed by atoms with Gasteiger partial charge in [-0.25, -0.2) is 0 Å². The molecule has 2 rings (SSSR count). The zero-order chi connectivity index (χ0) is 14.0. The van der Waals surface area contributed by atoms with Crippen molar-refractivity contribution in [2.24, 2.45) is 0 Å². The van der Waals surface area contributed by atoms with Crippen LogP contribution >= 0.6 is 0 Å². The fraction of sp³-hybridized carbons (Fsp3) is 0.533. The first-order valence-corrected chi connectivity index (χ1v) is 6.53. The summed E-state index contributed by atoms with van der Waals surface area (Å²) >= 11 is 0. The lowest BCUT2D eigenvalue weighted by atomic mass is 10.1. The van der Waals surface area contributed by atoms with Crippen molar-refractivity contribution >= 4 is 5.91 Å². The van der Waals surface area contributed by atoms with Crippen molar-refractivity contribution in [1.29, 1.82) is 0 Å². The second-order valence-corrected chi connectivity index (χ2v) is 5.59. The van der Waals surface area contributed by atoms with E-state index in [0.29, 0.717) is 12.4 Å². The molecule has 0 aromatic heterocycles. The Morgan fingerprint density at radius 1 is 1.42 bits per heavy atom. The molecular formula is C15H21NO3. The van der Waals surface area contributed by atoms with Gasteiger partial charge in [0.1, 0.15) is 12.0 Å². The molecule has 1 amide bonds. The minimum atomic E-state index is -0.271. The summed E-state index contributed by atoms with van der Waals surface area (Å²) in [6, 6.07) is 7.67. The number of nitrogens with zero attached hydrogens (tertiary/aromatic N) is 1. The van der Waals surface area contributed by atoms with E-state index in [1.807, 2.05) is 52.0 Å². The largest absolute Gasteiger partial charge is 0.484 e. The lowest BCUT2D eigenvalue weighted by Crippen LogP contribution is -2.49. The van der Waals surface area contributed by atoms with Crippen LogP contribution in [0.15, 0.2) is 24.3 Å². The maximum absolute atomic E-state index is 12.2. The van der Waals surface area contributed by atoms with Crippen LogP contribution in [0, 0.1) is 6.92 Å². The maximum Gasteiger partial charge on any atom is 0.263 e. The number of carbonyl (C=O) groups is 1. The highest BCUT2D eigenvalue weighted by Crippen LogP contribution is 2.26. The number of rotatable bonds is 3. The van der Waals surface area contributed by atoms with Crippen LogP contribution in [0.2, 0.25) is 0 Å². The molecule has 0 N–H and O–H groups in total. The summed E-state index contributed by atoms with van der Waals surface area (Å²) in [6.07, 6.45) is -0.191. The summed E-state index contributed by atoms with van der Waals surface area (Å²) < 4.78 is 11.0. The van der Waals surface area contributed by atoms with Crippen LogP contribution in [0.25, 0.3) is 0 Å². The standard InChI is InChI=1S/C15H21NO3/c1-11-5-7-13(8-6-11)18-9-14(17)16-12(2)19-10-15(16,3)4/h5-8,12H,9-10H2,1-4H3. The molecule has 1 aliphatic heterocycles. The molecule has 1 aliphatic rings. The monoisotopic (exact) mass is 263 g/mol. The van der Waals surface area contributed by atoms with E-state index in [1.165, 1.54) is 5.56 Å². The second-order valence-electron chi connectivity index (χ2n) is 5.59. The van der Waals surface area contributed by atoms with E-state index in [1.54, 1.807) is 4.90 Å². The van der Waals surface area contributed by atoms with E-state index in [9.17, 15) is 4.79 Å². The molecule has 1 fully saturated rings. The Labute approximate surface area is 114 Å². The van der Waals surface area contributed by atoms with E-state index in [0.717, 1.165) is 0 Å². The Morgan fingerprint density at radius 3 is 2.58 bits per heavy atom. The molecule has 0 spiro atoms. The van der Waals surface area contributed by atoms with Crippen LogP contribution in [0.5, 0.6) is 5.75 Å². The molecule has 1 aromatic rings. The Bertz CT molecular complexity index is 453. The van der Waals surface area contributed by atoms with Crippen molar-refractivity contribution in [1.82, 2.24) is 4.90 Å². The van der Waals surface area contributed by atoms with Gasteiger partial charge in [0.2, 0.25) is 0 Å². The SMILES string of the molecule is Cc1ccc(OCC(=O)N2C(C)OCC2(C)C)cc1. The summed E-state index contributed by atoms with van der Waals surface area (Å²) in [5.41, 5.74) is 0.897. The number of amides is 1. The Morgan fingerprint density at radius 2 is 2.05 bits per heavy atom. The number of ether oxygens (including phenoxy) is 2. The highest BCUT2D eigenvalue weighted by molar-refractivity contribution is 5.79. The van der Waals surface area contributed by atoms with Gasteiger partial charge in [-0.05, 0) is 39.8 Å². The van der Waals surface area contributed by atoms with Crippen LogP contribution in [0.4, 0.5) is 0 Å². The number of hydrogen-bond acceptors (Lipinski definition) is 3. The van der Waals surface area contributed by atoms with Gasteiger partial charge in [0, 0.05) is 0 Å². The van der Waals surface area contributed by atoms with Gasteiger partial charge in [0.25, 0.3) is 5.91 Å². The third-order valence-electron chi connectivity index (χ3n) is 3.35. The molecule has 104 valence electrons. The van der Waals surface area contributed by atoms with Crippen molar-refractivity contribution in [3.05, 3.63) is 29.8 Å². The van der Waals surface area contributed by atoms with Crippen LogP contribution in [0.3, 0.4) is 0 Å². The molecule has 1 heterocycles. The fourth-order valence-electron chi connectivity index (χ4n) is 2.35. The summed E-state index contributed by atoms with van der Waals surface area (Å²) in [5.74, 6) is 0.667. The molecule has 4 heteroatoms. The summed E-state index contributed by atoms with van der Waals surface area (Å²) in [5, 5.41) is 0. The van der Waals surface area contributed by atoms with Crippen molar-refractivity contribution in [3.8, 4) is 5.75 Å². The summed E-state index contributed by atoms with van der Waals surface area (Å²) in [7, 11) is 0. The number of hydrogen-bond donors (Lipinski definition) is 0. The molecule has 1 atom stereocenters. The van der Waals surface area contributed by atoms with Crippen molar-refractivity contribution in [3.63, 3.8) is 0 Å². The van der Waals surface area contributed by atoms with Gasteiger partial charge < -0.3 is 14.4 Å². The zero-order valence-corrected chi connectivity index (χ0v) is 12.0. The maximum atomic E-state index is 12.2. The van der Waals surface area contributed by atoms with Crippen LogP contribution in [0.1, 0.15) is 26.3 Å². The summed E-state index contributed by atoms with van der Waals surface area (Å²) in [4.78, 5) is 14.0. The topological polar surface area (TPSA) is 38.8 Å². The molecule has 1 unspecified atom stereocenters. The Balaban J connectivity index is 1.96. The van der Waals surface area contributed by atoms with Crippen LogP contribution in [-0.4, -0.2) is 35.8 Å². The first-order valence-electron chi connectivity index (χ1n) is 6.53. The van der Waals surface area contributed by atoms with Gasteiger partial charge in [-0.2, -0.15) is 0 Å². The van der Waals surface area contributed by atoms with Gasteiger partial charge in [0.05, 0.1) is 12.1 Å². The zero-order valence-electron chi connectivity index (χ0n) is 12.0. The molecule has 0 aliphatic carbocycles. The average Bonchev–Trinajstić information content (AvgIpc) is 2.62. The smallest absolute Gasteiger partial charge is 0.263 e. The van der Waals surface area contributed by atoms with E-state index in [-0.39, 0.29) is 24.3 Å². The quantitative estimate of drug-likeness (QED) is 0.840. The first-order chi connectivity index (χ1) is 8.90. The minimum Gasteiger partial charge on any atom is -0.484 e. The van der Waals surface area contributed by atoms with E-state index in [2.05, 4.69) is 0 Å². The van der Waals surface area contributed by atoms with Crippen molar-refractivity contribution in [2.75, 3.05) is 13.2 Å². The van der Waals surface area contributed by atoms with E-state index >= 15 is 0 Å². The summed E-state index contributed by atoms with van der Waals surface area (Å²) in [6.45, 7) is 8.50. The molecular weight excluding hydrogens is 242 g/mol. The molecule has 1 saturated heterocycles. The van der Waals surface area contributed by atoms with E-state index in [4.69, 9.17) is 9.47 Å². The highest BCUT2D eigenvalue weighted by atomic mass is 16.5. The van der Waals surface area contributed by atoms with Gasteiger partial charge in [-0.1, -0.05) is 17.7 Å². The molecule has 4 nitrogen and oxygen atoms in total. The highest BCUT2D eigenvalue weighted by Gasteiger charge is 2.41.